The van der Waals surface area contributed by atoms with Gasteiger partial charge in [0.1, 0.15) is 0 Å². The fraction of sp³-hybridized carbons (Fsp3) is 0.917. The lowest BCUT2D eigenvalue weighted by molar-refractivity contribution is -0.122. The van der Waals surface area contributed by atoms with Crippen LogP contribution >= 0.6 is 0 Å². The van der Waals surface area contributed by atoms with Crippen molar-refractivity contribution < 1.29 is 4.79 Å². The first-order valence-electron chi connectivity index (χ1n) is 6.46. The van der Waals surface area contributed by atoms with E-state index in [1.165, 1.54) is 25.7 Å². The summed E-state index contributed by atoms with van der Waals surface area (Å²) in [6.07, 6.45) is 7.10. The largest absolute Gasteiger partial charge is 0.348 e. The maximum absolute atomic E-state index is 11.7. The molecule has 2 rings (SSSR count). The highest BCUT2D eigenvalue weighted by molar-refractivity contribution is 5.79. The SMILES string of the molecule is NCC1(NC(=O)CNCC2CC2)CCCC1. The van der Waals surface area contributed by atoms with Gasteiger partial charge < -0.3 is 16.4 Å². The van der Waals surface area contributed by atoms with Crippen LogP contribution in [0.15, 0.2) is 0 Å². The Labute approximate surface area is 97.3 Å². The van der Waals surface area contributed by atoms with E-state index in [0.717, 1.165) is 25.3 Å². The van der Waals surface area contributed by atoms with Gasteiger partial charge in [0.15, 0.2) is 0 Å². The highest BCUT2D eigenvalue weighted by Gasteiger charge is 2.33. The molecule has 0 aromatic carbocycles. The van der Waals surface area contributed by atoms with Gasteiger partial charge in [-0.1, -0.05) is 12.8 Å². The normalized spacial score (nSPS) is 23.3. The predicted octanol–water partition coefficient (Wildman–Crippen LogP) is 0.374. The third-order valence-electron chi connectivity index (χ3n) is 3.77. The van der Waals surface area contributed by atoms with Crippen molar-refractivity contribution >= 4 is 5.91 Å². The first kappa shape index (κ1) is 11.9. The molecule has 0 heterocycles. The molecule has 4 nitrogen and oxygen atoms in total. The second-order valence-corrected chi connectivity index (χ2v) is 5.31. The highest BCUT2D eigenvalue weighted by Crippen LogP contribution is 2.28. The van der Waals surface area contributed by atoms with E-state index in [2.05, 4.69) is 10.6 Å². The van der Waals surface area contributed by atoms with E-state index in [1.54, 1.807) is 0 Å². The second-order valence-electron chi connectivity index (χ2n) is 5.31. The van der Waals surface area contributed by atoms with E-state index >= 15 is 0 Å². The fourth-order valence-corrected chi connectivity index (χ4v) is 2.48. The smallest absolute Gasteiger partial charge is 0.234 e. The summed E-state index contributed by atoms with van der Waals surface area (Å²) in [5, 5.41) is 6.32. The maximum atomic E-state index is 11.7. The molecule has 2 aliphatic carbocycles. The Morgan fingerprint density at radius 2 is 2.00 bits per heavy atom. The molecule has 0 aliphatic heterocycles. The summed E-state index contributed by atoms with van der Waals surface area (Å²) in [6, 6.07) is 0. The minimum Gasteiger partial charge on any atom is -0.348 e. The third kappa shape index (κ3) is 3.19. The number of hydrogen-bond acceptors (Lipinski definition) is 3. The molecule has 0 aromatic heterocycles. The summed E-state index contributed by atoms with van der Waals surface area (Å²) in [7, 11) is 0. The first-order chi connectivity index (χ1) is 7.74. The molecule has 0 atom stereocenters. The molecule has 0 bridgehead atoms. The summed E-state index contributed by atoms with van der Waals surface area (Å²) in [4.78, 5) is 11.7. The third-order valence-corrected chi connectivity index (χ3v) is 3.77. The van der Waals surface area contributed by atoms with Crippen LogP contribution in [0.4, 0.5) is 0 Å². The molecule has 4 N–H and O–H groups in total. The lowest BCUT2D eigenvalue weighted by Crippen LogP contribution is -2.53. The van der Waals surface area contributed by atoms with Crippen molar-refractivity contribution in [3.05, 3.63) is 0 Å². The second kappa shape index (κ2) is 5.15. The molecule has 0 aromatic rings. The Morgan fingerprint density at radius 1 is 1.31 bits per heavy atom. The molecule has 2 aliphatic rings. The van der Waals surface area contributed by atoms with E-state index in [0.29, 0.717) is 13.1 Å². The van der Waals surface area contributed by atoms with Crippen LogP contribution in [-0.4, -0.2) is 31.1 Å². The number of nitrogens with one attached hydrogen (secondary N) is 2. The van der Waals surface area contributed by atoms with E-state index in [-0.39, 0.29) is 11.4 Å². The Hall–Kier alpha value is -0.610. The summed E-state index contributed by atoms with van der Waals surface area (Å²) >= 11 is 0. The molecule has 16 heavy (non-hydrogen) atoms. The molecule has 0 spiro atoms. The standard InChI is InChI=1S/C12H23N3O/c13-9-12(5-1-2-6-12)15-11(16)8-14-7-10-3-4-10/h10,14H,1-9,13H2,(H,15,16). The number of carbonyl (C=O) groups excluding carboxylic acids is 1. The molecule has 4 heteroatoms. The fourth-order valence-electron chi connectivity index (χ4n) is 2.48. The molecule has 0 unspecified atom stereocenters. The van der Waals surface area contributed by atoms with Crippen molar-refractivity contribution in [2.24, 2.45) is 11.7 Å². The van der Waals surface area contributed by atoms with Gasteiger partial charge in [0.05, 0.1) is 12.1 Å². The van der Waals surface area contributed by atoms with Crippen molar-refractivity contribution in [2.45, 2.75) is 44.1 Å². The Morgan fingerprint density at radius 3 is 2.56 bits per heavy atom. The zero-order chi connectivity index (χ0) is 11.4. The van der Waals surface area contributed by atoms with Gasteiger partial charge in [-0.25, -0.2) is 0 Å². The van der Waals surface area contributed by atoms with Gasteiger partial charge in [-0.05, 0) is 38.1 Å². The minimum absolute atomic E-state index is 0.0989. The van der Waals surface area contributed by atoms with Crippen molar-refractivity contribution in [1.29, 1.82) is 0 Å². The number of carbonyl (C=O) groups is 1. The quantitative estimate of drug-likeness (QED) is 0.612. The van der Waals surface area contributed by atoms with Crippen LogP contribution in [0.2, 0.25) is 0 Å². The zero-order valence-electron chi connectivity index (χ0n) is 9.93. The Balaban J connectivity index is 1.67. The van der Waals surface area contributed by atoms with Gasteiger partial charge in [-0.3, -0.25) is 4.79 Å². The van der Waals surface area contributed by atoms with Crippen molar-refractivity contribution in [3.8, 4) is 0 Å². The molecule has 0 radical (unpaired) electrons. The van der Waals surface area contributed by atoms with E-state index in [9.17, 15) is 4.79 Å². The number of rotatable bonds is 6. The van der Waals surface area contributed by atoms with Gasteiger partial charge in [-0.15, -0.1) is 0 Å². The molecule has 92 valence electrons. The first-order valence-corrected chi connectivity index (χ1v) is 6.46. The maximum Gasteiger partial charge on any atom is 0.234 e. The molecule has 2 saturated carbocycles. The Bertz CT molecular complexity index is 245. The van der Waals surface area contributed by atoms with Gasteiger partial charge in [0.25, 0.3) is 0 Å². The van der Waals surface area contributed by atoms with Crippen LogP contribution in [-0.2, 0) is 4.79 Å². The Kier molecular flexibility index (Phi) is 3.82. The average molecular weight is 225 g/mol. The molecular weight excluding hydrogens is 202 g/mol. The van der Waals surface area contributed by atoms with Crippen molar-refractivity contribution in [1.82, 2.24) is 10.6 Å². The van der Waals surface area contributed by atoms with Crippen LogP contribution in [0.3, 0.4) is 0 Å². The highest BCUT2D eigenvalue weighted by atomic mass is 16.2. The van der Waals surface area contributed by atoms with Crippen LogP contribution in [0.5, 0.6) is 0 Å². The van der Waals surface area contributed by atoms with Crippen LogP contribution in [0.1, 0.15) is 38.5 Å². The van der Waals surface area contributed by atoms with Crippen molar-refractivity contribution in [2.75, 3.05) is 19.6 Å². The number of hydrogen-bond donors (Lipinski definition) is 3. The van der Waals surface area contributed by atoms with E-state index in [4.69, 9.17) is 5.73 Å². The summed E-state index contributed by atoms with van der Waals surface area (Å²) in [5.74, 6) is 0.927. The van der Waals surface area contributed by atoms with Crippen LogP contribution < -0.4 is 16.4 Å². The molecule has 1 amide bonds. The molecular formula is C12H23N3O. The lowest BCUT2D eigenvalue weighted by atomic mass is 9.98. The summed E-state index contributed by atoms with van der Waals surface area (Å²) in [5.41, 5.74) is 5.67. The van der Waals surface area contributed by atoms with Gasteiger partial charge in [-0.2, -0.15) is 0 Å². The van der Waals surface area contributed by atoms with Gasteiger partial charge >= 0.3 is 0 Å². The van der Waals surface area contributed by atoms with Gasteiger partial charge in [0.2, 0.25) is 5.91 Å². The predicted molar refractivity (Wildman–Crippen MR) is 64.0 cm³/mol. The van der Waals surface area contributed by atoms with Crippen molar-refractivity contribution in [3.63, 3.8) is 0 Å². The van der Waals surface area contributed by atoms with E-state index in [1.807, 2.05) is 0 Å². The monoisotopic (exact) mass is 225 g/mol. The summed E-state index contributed by atoms with van der Waals surface area (Å²) < 4.78 is 0. The lowest BCUT2D eigenvalue weighted by Gasteiger charge is -2.28. The van der Waals surface area contributed by atoms with E-state index < -0.39 is 0 Å². The van der Waals surface area contributed by atoms with Crippen LogP contribution in [0.25, 0.3) is 0 Å². The number of amides is 1. The average Bonchev–Trinajstić information content (AvgIpc) is 2.98. The summed E-state index contributed by atoms with van der Waals surface area (Å²) in [6.45, 7) is 2.00. The molecule has 2 fully saturated rings. The zero-order valence-corrected chi connectivity index (χ0v) is 9.93. The minimum atomic E-state index is -0.0989. The molecule has 0 saturated heterocycles. The van der Waals surface area contributed by atoms with Gasteiger partial charge in [0, 0.05) is 6.54 Å². The number of nitrogens with two attached hydrogens (primary N) is 1. The van der Waals surface area contributed by atoms with Crippen LogP contribution in [0, 0.1) is 5.92 Å². The topological polar surface area (TPSA) is 67.1 Å².